The molecule has 6 atom stereocenters. The smallest absolute Gasteiger partial charge is 0.319 e. The van der Waals surface area contributed by atoms with Gasteiger partial charge < -0.3 is 19.6 Å². The third kappa shape index (κ3) is 2.25. The molecule has 6 heteroatoms. The van der Waals surface area contributed by atoms with Crippen molar-refractivity contribution in [1.29, 1.82) is 0 Å². The molecule has 1 aromatic carbocycles. The van der Waals surface area contributed by atoms with Crippen LogP contribution in [0.4, 0.5) is 0 Å². The standard InChI is InChI=1S/C22H28N2O4/c1-12(25)17-8-13-10-22(21(26)28-3)19-16(6-7-24(11-13)20(17)22)15-5-4-14(27-2)9-18(15)23-19/h4-5,9,12-13,17,20,23,25H,6-8,10-11H2,1-3H3/t12-,13+,17-,20+,22-/m1/s1. The van der Waals surface area contributed by atoms with Crippen LogP contribution >= 0.6 is 0 Å². The van der Waals surface area contributed by atoms with Crippen molar-refractivity contribution in [2.75, 3.05) is 27.3 Å². The van der Waals surface area contributed by atoms with E-state index in [1.807, 2.05) is 19.1 Å². The summed E-state index contributed by atoms with van der Waals surface area (Å²) < 4.78 is 10.8. The van der Waals surface area contributed by atoms with E-state index >= 15 is 0 Å². The van der Waals surface area contributed by atoms with Gasteiger partial charge in [0.15, 0.2) is 0 Å². The van der Waals surface area contributed by atoms with Crippen LogP contribution in [0.15, 0.2) is 18.2 Å². The van der Waals surface area contributed by atoms with Gasteiger partial charge in [0, 0.05) is 47.7 Å². The van der Waals surface area contributed by atoms with Gasteiger partial charge in [-0.1, -0.05) is 0 Å². The first-order valence-electron chi connectivity index (χ1n) is 10.2. The minimum absolute atomic E-state index is 0.0406. The Morgan fingerprint density at radius 1 is 1.39 bits per heavy atom. The fourth-order valence-corrected chi connectivity index (χ4v) is 6.39. The van der Waals surface area contributed by atoms with Crippen molar-refractivity contribution in [3.63, 3.8) is 0 Å². The molecule has 6 nitrogen and oxygen atoms in total. The second kappa shape index (κ2) is 6.22. The number of hydrogen-bond donors (Lipinski definition) is 2. The van der Waals surface area contributed by atoms with E-state index in [0.29, 0.717) is 5.92 Å². The van der Waals surface area contributed by atoms with Gasteiger partial charge in [-0.2, -0.15) is 0 Å². The number of ether oxygens (including phenoxy) is 2. The van der Waals surface area contributed by atoms with Crippen molar-refractivity contribution in [3.8, 4) is 5.75 Å². The molecule has 1 unspecified atom stereocenters. The molecule has 0 spiro atoms. The maximum Gasteiger partial charge on any atom is 0.319 e. The zero-order chi connectivity index (χ0) is 19.6. The largest absolute Gasteiger partial charge is 0.497 e. The number of nitrogens with zero attached hydrogens (tertiary/aromatic N) is 1. The number of piperidine rings is 2. The number of nitrogens with one attached hydrogen (secondary N) is 1. The van der Waals surface area contributed by atoms with Gasteiger partial charge in [0.1, 0.15) is 11.2 Å². The van der Waals surface area contributed by atoms with Crippen LogP contribution in [-0.4, -0.2) is 60.4 Å². The molecule has 4 bridgehead atoms. The van der Waals surface area contributed by atoms with Gasteiger partial charge in [-0.15, -0.1) is 0 Å². The first-order valence-corrected chi connectivity index (χ1v) is 10.2. The lowest BCUT2D eigenvalue weighted by molar-refractivity contribution is -0.166. The molecule has 3 fully saturated rings. The molecule has 0 amide bonds. The number of aromatic amines is 1. The normalized spacial score (nSPS) is 34.6. The SMILES string of the molecule is COC(=O)[C@@]12C[C@@H]3C[C@H]([C@@H](C)O)[C@@H]1N(CCc1c2[nH]c2cc(OC)ccc12)C3. The number of carbonyl (C=O) groups excluding carboxylic acids is 1. The number of H-pyrrole nitrogens is 1. The van der Waals surface area contributed by atoms with Crippen LogP contribution in [0.5, 0.6) is 5.75 Å². The number of methoxy groups -OCH3 is 2. The maximum absolute atomic E-state index is 13.4. The van der Waals surface area contributed by atoms with Crippen LogP contribution in [0, 0.1) is 11.8 Å². The van der Waals surface area contributed by atoms with E-state index < -0.39 is 11.5 Å². The monoisotopic (exact) mass is 384 g/mol. The highest BCUT2D eigenvalue weighted by Gasteiger charge is 2.63. The van der Waals surface area contributed by atoms with E-state index in [2.05, 4.69) is 16.0 Å². The average molecular weight is 384 g/mol. The molecular weight excluding hydrogens is 356 g/mol. The van der Waals surface area contributed by atoms with Gasteiger partial charge in [-0.3, -0.25) is 9.69 Å². The number of esters is 1. The zero-order valence-electron chi connectivity index (χ0n) is 16.7. The first-order chi connectivity index (χ1) is 13.5. The van der Waals surface area contributed by atoms with Crippen LogP contribution in [0.1, 0.15) is 31.0 Å². The summed E-state index contributed by atoms with van der Waals surface area (Å²) in [5.74, 6) is 1.07. The number of aromatic nitrogens is 1. The van der Waals surface area contributed by atoms with E-state index in [-0.39, 0.29) is 17.9 Å². The molecule has 2 N–H and O–H groups in total. The summed E-state index contributed by atoms with van der Waals surface area (Å²) in [5, 5.41) is 11.7. The Bertz CT molecular complexity index is 936. The minimum atomic E-state index is -0.754. The molecule has 1 aliphatic carbocycles. The quantitative estimate of drug-likeness (QED) is 0.794. The fraction of sp³-hybridized carbons (Fsp3) is 0.591. The predicted octanol–water partition coefficient (Wildman–Crippen LogP) is 2.23. The van der Waals surface area contributed by atoms with Gasteiger partial charge >= 0.3 is 5.97 Å². The van der Waals surface area contributed by atoms with Gasteiger partial charge in [-0.05, 0) is 49.8 Å². The second-order valence-electron chi connectivity index (χ2n) is 8.75. The number of aliphatic hydroxyl groups is 1. The van der Waals surface area contributed by atoms with Crippen LogP contribution in [-0.2, 0) is 21.4 Å². The number of rotatable bonds is 3. The van der Waals surface area contributed by atoms with E-state index in [1.54, 1.807) is 7.11 Å². The lowest BCUT2D eigenvalue weighted by atomic mass is 9.56. The summed E-state index contributed by atoms with van der Waals surface area (Å²) in [6.07, 6.45) is 2.18. The van der Waals surface area contributed by atoms with Gasteiger partial charge in [0.05, 0.1) is 20.3 Å². The average Bonchev–Trinajstić information content (AvgIpc) is 3.04. The molecule has 4 heterocycles. The summed E-state index contributed by atoms with van der Waals surface area (Å²) in [5.41, 5.74) is 2.44. The Labute approximate surface area is 164 Å². The van der Waals surface area contributed by atoms with Crippen molar-refractivity contribution in [2.24, 2.45) is 11.8 Å². The Kier molecular flexibility index (Phi) is 4.00. The molecule has 4 aliphatic rings. The summed E-state index contributed by atoms with van der Waals surface area (Å²) >= 11 is 0. The zero-order valence-corrected chi connectivity index (χ0v) is 16.7. The summed E-state index contributed by atoms with van der Waals surface area (Å²) in [6, 6.07) is 6.02. The van der Waals surface area contributed by atoms with Crippen molar-refractivity contribution >= 4 is 16.9 Å². The lowest BCUT2D eigenvalue weighted by Crippen LogP contribution is -2.68. The molecule has 6 rings (SSSR count). The highest BCUT2D eigenvalue weighted by atomic mass is 16.5. The van der Waals surface area contributed by atoms with E-state index in [0.717, 1.165) is 54.7 Å². The Morgan fingerprint density at radius 2 is 2.21 bits per heavy atom. The van der Waals surface area contributed by atoms with Crippen molar-refractivity contribution < 1.29 is 19.4 Å². The van der Waals surface area contributed by atoms with Gasteiger partial charge in [0.2, 0.25) is 0 Å². The first kappa shape index (κ1) is 18.0. The van der Waals surface area contributed by atoms with Crippen LogP contribution in [0.25, 0.3) is 10.9 Å². The predicted molar refractivity (Wildman–Crippen MR) is 106 cm³/mol. The Balaban J connectivity index is 1.78. The number of hydrogen-bond acceptors (Lipinski definition) is 5. The van der Waals surface area contributed by atoms with Gasteiger partial charge in [-0.25, -0.2) is 0 Å². The van der Waals surface area contributed by atoms with Crippen molar-refractivity contribution in [2.45, 2.75) is 43.7 Å². The lowest BCUT2D eigenvalue weighted by Gasteiger charge is -2.58. The second-order valence-corrected chi connectivity index (χ2v) is 8.75. The summed E-state index contributed by atoms with van der Waals surface area (Å²) in [6.45, 7) is 3.76. The third-order valence-corrected chi connectivity index (χ3v) is 7.39. The number of fused-ring (bicyclic) bond motifs is 4. The molecule has 150 valence electrons. The van der Waals surface area contributed by atoms with E-state index in [4.69, 9.17) is 9.47 Å². The Hall–Kier alpha value is -2.05. The molecule has 0 radical (unpaired) electrons. The maximum atomic E-state index is 13.4. The van der Waals surface area contributed by atoms with Crippen LogP contribution in [0.2, 0.25) is 0 Å². The number of carbonyl (C=O) groups is 1. The number of aliphatic hydroxyl groups excluding tert-OH is 1. The minimum Gasteiger partial charge on any atom is -0.497 e. The van der Waals surface area contributed by atoms with Crippen molar-refractivity contribution in [3.05, 3.63) is 29.5 Å². The molecule has 2 aromatic rings. The van der Waals surface area contributed by atoms with Crippen LogP contribution in [0.3, 0.4) is 0 Å². The summed E-state index contributed by atoms with van der Waals surface area (Å²) in [4.78, 5) is 19.4. The highest BCUT2D eigenvalue weighted by molar-refractivity contribution is 5.92. The fourth-order valence-electron chi connectivity index (χ4n) is 6.39. The van der Waals surface area contributed by atoms with Gasteiger partial charge in [0.25, 0.3) is 0 Å². The van der Waals surface area contributed by atoms with E-state index in [1.165, 1.54) is 12.7 Å². The molecule has 28 heavy (non-hydrogen) atoms. The van der Waals surface area contributed by atoms with Crippen molar-refractivity contribution in [1.82, 2.24) is 9.88 Å². The molecular formula is C22H28N2O4. The molecule has 3 aliphatic heterocycles. The van der Waals surface area contributed by atoms with E-state index in [9.17, 15) is 9.90 Å². The Morgan fingerprint density at radius 3 is 2.93 bits per heavy atom. The molecule has 1 aromatic heterocycles. The highest BCUT2D eigenvalue weighted by Crippen LogP contribution is 2.55. The molecule has 2 saturated heterocycles. The third-order valence-electron chi connectivity index (χ3n) is 7.39. The molecule has 1 saturated carbocycles. The summed E-state index contributed by atoms with van der Waals surface area (Å²) in [7, 11) is 3.15. The topological polar surface area (TPSA) is 74.8 Å². The number of benzene rings is 1. The van der Waals surface area contributed by atoms with Crippen LogP contribution < -0.4 is 4.74 Å².